The summed E-state index contributed by atoms with van der Waals surface area (Å²) in [6, 6.07) is -0.919. The predicted octanol–water partition coefficient (Wildman–Crippen LogP) is 5.54. The zero-order chi connectivity index (χ0) is 45.4. The number of nitrogens with one attached hydrogen (secondary N) is 1. The summed E-state index contributed by atoms with van der Waals surface area (Å²) in [7, 11) is 0. The maximum Gasteiger partial charge on any atom is 0.220 e. The highest BCUT2D eigenvalue weighted by Crippen LogP contribution is 2.30. The van der Waals surface area contributed by atoms with Crippen LogP contribution in [0.1, 0.15) is 168 Å². The molecule has 9 N–H and O–H groups in total. The van der Waals surface area contributed by atoms with Crippen LogP contribution in [0.3, 0.4) is 0 Å². The van der Waals surface area contributed by atoms with Gasteiger partial charge in [0.05, 0.1) is 32.0 Å². The minimum absolute atomic E-state index is 0.256. The summed E-state index contributed by atoms with van der Waals surface area (Å²) in [5, 5.41) is 86.5. The molecule has 0 bridgehead atoms. The predicted molar refractivity (Wildman–Crippen MR) is 240 cm³/mol. The van der Waals surface area contributed by atoms with E-state index in [1.807, 2.05) is 6.08 Å². The Hall–Kier alpha value is -1.79. The molecule has 2 saturated heterocycles. The van der Waals surface area contributed by atoms with Crippen LogP contribution in [0, 0.1) is 0 Å². The zero-order valence-corrected chi connectivity index (χ0v) is 38.1. The van der Waals surface area contributed by atoms with Gasteiger partial charge in [-0.25, -0.2) is 0 Å². The number of carbonyl (C=O) groups is 1. The van der Waals surface area contributed by atoms with Crippen LogP contribution in [0.4, 0.5) is 0 Å². The van der Waals surface area contributed by atoms with E-state index in [4.69, 9.17) is 18.9 Å². The largest absolute Gasteiger partial charge is 0.394 e. The quantitative estimate of drug-likeness (QED) is 0.0279. The van der Waals surface area contributed by atoms with Crippen molar-refractivity contribution in [3.8, 4) is 0 Å². The number of rotatable bonds is 36. The molecule has 0 aromatic rings. The summed E-state index contributed by atoms with van der Waals surface area (Å²) in [4.78, 5) is 13.1. The minimum Gasteiger partial charge on any atom is -0.394 e. The number of aliphatic hydroxyl groups is 8. The van der Waals surface area contributed by atoms with E-state index in [0.717, 1.165) is 64.2 Å². The molecule has 62 heavy (non-hydrogen) atoms. The number of aliphatic hydroxyl groups excluding tert-OH is 8. The molecule has 0 aromatic heterocycles. The van der Waals surface area contributed by atoms with E-state index in [1.54, 1.807) is 6.08 Å². The van der Waals surface area contributed by atoms with Crippen molar-refractivity contribution in [2.75, 3.05) is 19.8 Å². The van der Waals surface area contributed by atoms with Crippen molar-refractivity contribution in [1.82, 2.24) is 5.32 Å². The van der Waals surface area contributed by atoms with Gasteiger partial charge in [0.2, 0.25) is 5.91 Å². The number of ether oxygens (including phenoxy) is 4. The normalized spacial score (nSPS) is 28.0. The Balaban J connectivity index is 1.88. The van der Waals surface area contributed by atoms with Crippen molar-refractivity contribution >= 4 is 5.91 Å². The third-order valence-corrected chi connectivity index (χ3v) is 11.8. The first-order chi connectivity index (χ1) is 30.1. The van der Waals surface area contributed by atoms with Crippen molar-refractivity contribution in [2.45, 2.75) is 242 Å². The van der Waals surface area contributed by atoms with Crippen molar-refractivity contribution < 1.29 is 64.6 Å². The molecule has 12 unspecified atom stereocenters. The van der Waals surface area contributed by atoms with E-state index >= 15 is 0 Å². The van der Waals surface area contributed by atoms with Crippen LogP contribution < -0.4 is 5.32 Å². The first-order valence-electron chi connectivity index (χ1n) is 24.2. The fourth-order valence-electron chi connectivity index (χ4n) is 7.79. The summed E-state index contributed by atoms with van der Waals surface area (Å²) in [6.07, 6.45) is 21.8. The molecule has 12 atom stereocenters. The number of carbonyl (C=O) groups excluding carboxylic acids is 1. The van der Waals surface area contributed by atoms with E-state index in [9.17, 15) is 45.6 Å². The second kappa shape index (κ2) is 35.5. The van der Waals surface area contributed by atoms with E-state index in [1.165, 1.54) is 77.0 Å². The average Bonchev–Trinajstić information content (AvgIpc) is 3.27. The molecule has 14 heteroatoms. The summed E-state index contributed by atoms with van der Waals surface area (Å²) in [5.74, 6) is -0.256. The van der Waals surface area contributed by atoms with Gasteiger partial charge in [-0.05, 0) is 51.4 Å². The van der Waals surface area contributed by atoms with Gasteiger partial charge in [0.1, 0.15) is 48.8 Å². The SMILES string of the molecule is CCCCCC/C=C\C/C=C\CCCCCCCC(=O)NC(COC1OC(CO)C(OC2OC(CO)C(O)C(O)C2O)C(O)C1O)C(O)/C=C/CCCCCCCCCCCC. The molecule has 0 aromatic carbocycles. The van der Waals surface area contributed by atoms with Gasteiger partial charge in [0.15, 0.2) is 12.6 Å². The lowest BCUT2D eigenvalue weighted by Crippen LogP contribution is -2.65. The summed E-state index contributed by atoms with van der Waals surface area (Å²) in [6.45, 7) is 2.73. The van der Waals surface area contributed by atoms with E-state index in [0.29, 0.717) is 6.42 Å². The molecule has 0 aliphatic carbocycles. The smallest absolute Gasteiger partial charge is 0.220 e. The van der Waals surface area contributed by atoms with Crippen molar-refractivity contribution in [1.29, 1.82) is 0 Å². The van der Waals surface area contributed by atoms with Crippen LogP contribution in [0.2, 0.25) is 0 Å². The number of allylic oxidation sites excluding steroid dienone is 5. The van der Waals surface area contributed by atoms with Crippen LogP contribution in [0.15, 0.2) is 36.5 Å². The molecule has 2 rings (SSSR count). The molecular formula is C48H87NO13. The Morgan fingerprint density at radius 1 is 0.581 bits per heavy atom. The first-order valence-corrected chi connectivity index (χ1v) is 24.2. The lowest BCUT2D eigenvalue weighted by Gasteiger charge is -2.46. The topological polar surface area (TPSA) is 228 Å². The van der Waals surface area contributed by atoms with Crippen molar-refractivity contribution in [3.63, 3.8) is 0 Å². The van der Waals surface area contributed by atoms with Crippen molar-refractivity contribution in [2.24, 2.45) is 0 Å². The standard InChI is InChI=1S/C48H87NO13/c1-3-5-7-9-11-13-15-17-18-19-20-22-24-26-28-30-32-40(53)49-36(37(52)31-29-27-25-23-21-16-14-12-10-8-6-4-2)35-59-47-45(58)43(56)46(39(34-51)61-47)62-48-44(57)42(55)41(54)38(33-50)60-48/h13,15,18-19,29,31,36-39,41-48,50-52,54-58H,3-12,14,16-17,20-28,30,32-35H2,1-2H3,(H,49,53)/b15-13-,19-18-,31-29+. The van der Waals surface area contributed by atoms with Crippen LogP contribution in [-0.2, 0) is 23.7 Å². The van der Waals surface area contributed by atoms with E-state index in [-0.39, 0.29) is 18.9 Å². The van der Waals surface area contributed by atoms with Crippen LogP contribution >= 0.6 is 0 Å². The lowest BCUT2D eigenvalue weighted by atomic mass is 9.97. The molecule has 0 saturated carbocycles. The van der Waals surface area contributed by atoms with Crippen LogP contribution in [0.25, 0.3) is 0 Å². The third-order valence-electron chi connectivity index (χ3n) is 11.8. The number of unbranched alkanes of at least 4 members (excludes halogenated alkanes) is 19. The number of hydrogen-bond donors (Lipinski definition) is 9. The summed E-state index contributed by atoms with van der Waals surface area (Å²) in [5.41, 5.74) is 0. The highest BCUT2D eigenvalue weighted by atomic mass is 16.7. The van der Waals surface area contributed by atoms with Crippen LogP contribution in [0.5, 0.6) is 0 Å². The van der Waals surface area contributed by atoms with Crippen LogP contribution in [-0.4, -0.2) is 140 Å². The molecule has 362 valence electrons. The molecule has 14 nitrogen and oxygen atoms in total. The number of amides is 1. The Morgan fingerprint density at radius 2 is 1.06 bits per heavy atom. The summed E-state index contributed by atoms with van der Waals surface area (Å²) >= 11 is 0. The molecule has 2 aliphatic rings. The average molecular weight is 886 g/mol. The maximum absolute atomic E-state index is 13.1. The van der Waals surface area contributed by atoms with E-state index < -0.39 is 86.8 Å². The minimum atomic E-state index is -1.79. The Labute approximate surface area is 372 Å². The lowest BCUT2D eigenvalue weighted by molar-refractivity contribution is -0.359. The second-order valence-electron chi connectivity index (χ2n) is 17.2. The van der Waals surface area contributed by atoms with Gasteiger partial charge >= 0.3 is 0 Å². The van der Waals surface area contributed by atoms with Gasteiger partial charge in [-0.15, -0.1) is 0 Å². The van der Waals surface area contributed by atoms with E-state index in [2.05, 4.69) is 43.5 Å². The molecular weight excluding hydrogens is 799 g/mol. The molecule has 0 radical (unpaired) electrons. The molecule has 0 spiro atoms. The van der Waals surface area contributed by atoms with Gasteiger partial charge in [-0.1, -0.05) is 147 Å². The molecule has 2 aliphatic heterocycles. The van der Waals surface area contributed by atoms with Crippen molar-refractivity contribution in [3.05, 3.63) is 36.5 Å². The summed E-state index contributed by atoms with van der Waals surface area (Å²) < 4.78 is 22.6. The monoisotopic (exact) mass is 886 g/mol. The number of hydrogen-bond acceptors (Lipinski definition) is 13. The molecule has 2 heterocycles. The fraction of sp³-hybridized carbons (Fsp3) is 0.854. The van der Waals surface area contributed by atoms with Gasteiger partial charge in [0.25, 0.3) is 0 Å². The van der Waals surface area contributed by atoms with Gasteiger partial charge in [0, 0.05) is 6.42 Å². The van der Waals surface area contributed by atoms with Gasteiger partial charge < -0.3 is 65.1 Å². The molecule has 1 amide bonds. The highest BCUT2D eigenvalue weighted by Gasteiger charge is 2.51. The maximum atomic E-state index is 13.1. The van der Waals surface area contributed by atoms with Gasteiger partial charge in [-0.2, -0.15) is 0 Å². The first kappa shape index (κ1) is 56.3. The second-order valence-corrected chi connectivity index (χ2v) is 17.2. The Bertz CT molecular complexity index is 1190. The Morgan fingerprint density at radius 3 is 1.63 bits per heavy atom. The Kier molecular flexibility index (Phi) is 32.2. The zero-order valence-electron chi connectivity index (χ0n) is 38.1. The highest BCUT2D eigenvalue weighted by molar-refractivity contribution is 5.76. The van der Waals surface area contributed by atoms with Gasteiger partial charge in [-0.3, -0.25) is 4.79 Å². The third kappa shape index (κ3) is 22.9. The fourth-order valence-corrected chi connectivity index (χ4v) is 7.79. The molecule has 2 fully saturated rings.